The summed E-state index contributed by atoms with van der Waals surface area (Å²) < 4.78 is 16.7. The molecule has 1 N–H and O–H groups in total. The van der Waals surface area contributed by atoms with Crippen LogP contribution in [0.2, 0.25) is 0 Å². The molecular formula is C24H27NO4. The van der Waals surface area contributed by atoms with Crippen molar-refractivity contribution >= 4 is 21.5 Å². The lowest BCUT2D eigenvalue weighted by molar-refractivity contribution is 0.0322. The second-order valence-electron chi connectivity index (χ2n) is 8.13. The zero-order chi connectivity index (χ0) is 20.1. The predicted molar refractivity (Wildman–Crippen MR) is 114 cm³/mol. The molecule has 5 heteroatoms. The summed E-state index contributed by atoms with van der Waals surface area (Å²) in [4.78, 5) is 2.53. The summed E-state index contributed by atoms with van der Waals surface area (Å²) in [6.07, 6.45) is 2.45. The van der Waals surface area contributed by atoms with Crippen molar-refractivity contribution in [2.24, 2.45) is 0 Å². The Balaban J connectivity index is 1.82. The first-order valence-electron chi connectivity index (χ1n) is 10.2. The van der Waals surface area contributed by atoms with E-state index in [0.29, 0.717) is 6.04 Å². The average Bonchev–Trinajstić information content (AvgIpc) is 2.76. The third kappa shape index (κ3) is 2.92. The Bertz CT molecular complexity index is 1090. The van der Waals surface area contributed by atoms with Gasteiger partial charge < -0.3 is 19.3 Å². The zero-order valence-corrected chi connectivity index (χ0v) is 17.2. The van der Waals surface area contributed by atoms with Crippen molar-refractivity contribution in [3.63, 3.8) is 0 Å². The molecule has 2 atom stereocenters. The Hall–Kier alpha value is -2.50. The summed E-state index contributed by atoms with van der Waals surface area (Å²) in [6.45, 7) is 1.87. The van der Waals surface area contributed by atoms with Crippen molar-refractivity contribution in [2.45, 2.75) is 38.0 Å². The lowest BCUT2D eigenvalue weighted by Crippen LogP contribution is -2.47. The first-order valence-corrected chi connectivity index (χ1v) is 10.2. The van der Waals surface area contributed by atoms with Crippen LogP contribution in [-0.2, 0) is 13.0 Å². The molecule has 0 aromatic heterocycles. The van der Waals surface area contributed by atoms with Crippen LogP contribution < -0.4 is 14.2 Å². The quantitative estimate of drug-likeness (QED) is 0.684. The maximum atomic E-state index is 10.2. The molecule has 5 rings (SSSR count). The maximum Gasteiger partial charge on any atom is 0.161 e. The molecule has 2 aliphatic rings. The van der Waals surface area contributed by atoms with E-state index in [1.165, 1.54) is 27.3 Å². The number of hydrogen-bond acceptors (Lipinski definition) is 5. The summed E-state index contributed by atoms with van der Waals surface area (Å²) in [5, 5.41) is 15.0. The second kappa shape index (κ2) is 7.08. The number of aliphatic hydroxyl groups is 1. The molecule has 2 heterocycles. The van der Waals surface area contributed by atoms with Crippen LogP contribution in [0.15, 0.2) is 30.3 Å². The van der Waals surface area contributed by atoms with Crippen molar-refractivity contribution < 1.29 is 19.3 Å². The Morgan fingerprint density at radius 3 is 2.31 bits per heavy atom. The average molecular weight is 393 g/mol. The molecule has 5 nitrogen and oxygen atoms in total. The Morgan fingerprint density at radius 2 is 1.59 bits per heavy atom. The number of nitrogens with zero attached hydrogens (tertiary/aromatic N) is 1. The molecule has 152 valence electrons. The van der Waals surface area contributed by atoms with E-state index in [1.807, 2.05) is 6.07 Å². The van der Waals surface area contributed by atoms with Gasteiger partial charge in [-0.15, -0.1) is 0 Å². The lowest BCUT2D eigenvalue weighted by Gasteiger charge is -2.42. The summed E-state index contributed by atoms with van der Waals surface area (Å²) in [6, 6.07) is 10.9. The smallest absolute Gasteiger partial charge is 0.161 e. The zero-order valence-electron chi connectivity index (χ0n) is 17.2. The highest BCUT2D eigenvalue weighted by Gasteiger charge is 2.34. The SMILES string of the molecule is COc1ccc2c3c(c4cc(OC)c(OC)cc4c2c1)C[C@H]1C[C@H](O)CCN1C3. The number of rotatable bonds is 3. The molecule has 1 saturated heterocycles. The van der Waals surface area contributed by atoms with E-state index in [-0.39, 0.29) is 6.10 Å². The van der Waals surface area contributed by atoms with Gasteiger partial charge in [-0.05, 0) is 76.2 Å². The number of ether oxygens (including phenoxy) is 3. The van der Waals surface area contributed by atoms with E-state index in [0.717, 1.165) is 55.0 Å². The van der Waals surface area contributed by atoms with E-state index in [9.17, 15) is 5.11 Å². The van der Waals surface area contributed by atoms with Crippen LogP contribution in [0.5, 0.6) is 17.2 Å². The monoisotopic (exact) mass is 393 g/mol. The molecule has 2 aliphatic heterocycles. The van der Waals surface area contributed by atoms with Crippen molar-refractivity contribution in [1.82, 2.24) is 4.90 Å². The first-order chi connectivity index (χ1) is 14.1. The van der Waals surface area contributed by atoms with Gasteiger partial charge >= 0.3 is 0 Å². The molecular weight excluding hydrogens is 366 g/mol. The van der Waals surface area contributed by atoms with E-state index in [1.54, 1.807) is 21.3 Å². The molecule has 0 radical (unpaired) electrons. The largest absolute Gasteiger partial charge is 0.497 e. The van der Waals surface area contributed by atoms with Crippen LogP contribution in [-0.4, -0.2) is 50.0 Å². The van der Waals surface area contributed by atoms with Gasteiger partial charge in [0.2, 0.25) is 0 Å². The summed E-state index contributed by atoms with van der Waals surface area (Å²) in [7, 11) is 5.06. The molecule has 1 fully saturated rings. The molecule has 3 aromatic carbocycles. The molecule has 0 spiro atoms. The lowest BCUT2D eigenvalue weighted by atomic mass is 9.82. The number of benzene rings is 3. The van der Waals surface area contributed by atoms with Gasteiger partial charge in [-0.2, -0.15) is 0 Å². The second-order valence-corrected chi connectivity index (χ2v) is 8.13. The fraction of sp³-hybridized carbons (Fsp3) is 0.417. The first kappa shape index (κ1) is 18.5. The fourth-order valence-corrected chi connectivity index (χ4v) is 5.16. The predicted octanol–water partition coefficient (Wildman–Crippen LogP) is 3.90. The highest BCUT2D eigenvalue weighted by Crippen LogP contribution is 2.44. The minimum absolute atomic E-state index is 0.191. The van der Waals surface area contributed by atoms with Crippen LogP contribution in [0.1, 0.15) is 24.0 Å². The highest BCUT2D eigenvalue weighted by molar-refractivity contribution is 6.12. The minimum atomic E-state index is -0.191. The summed E-state index contributed by atoms with van der Waals surface area (Å²) in [5.41, 5.74) is 2.75. The highest BCUT2D eigenvalue weighted by atomic mass is 16.5. The van der Waals surface area contributed by atoms with Crippen LogP contribution in [0.25, 0.3) is 21.5 Å². The van der Waals surface area contributed by atoms with Gasteiger partial charge in [0, 0.05) is 19.1 Å². The van der Waals surface area contributed by atoms with Crippen LogP contribution >= 0.6 is 0 Å². The third-order valence-electron chi connectivity index (χ3n) is 6.67. The van der Waals surface area contributed by atoms with Crippen LogP contribution in [0, 0.1) is 0 Å². The minimum Gasteiger partial charge on any atom is -0.497 e. The number of aliphatic hydroxyl groups excluding tert-OH is 1. The van der Waals surface area contributed by atoms with E-state index in [2.05, 4.69) is 29.2 Å². The summed E-state index contributed by atoms with van der Waals surface area (Å²) in [5.74, 6) is 2.33. The van der Waals surface area contributed by atoms with Crippen molar-refractivity contribution in [1.29, 1.82) is 0 Å². The van der Waals surface area contributed by atoms with Gasteiger partial charge in [-0.1, -0.05) is 6.07 Å². The van der Waals surface area contributed by atoms with Gasteiger partial charge in [0.25, 0.3) is 0 Å². The summed E-state index contributed by atoms with van der Waals surface area (Å²) >= 11 is 0. The van der Waals surface area contributed by atoms with Gasteiger partial charge in [-0.25, -0.2) is 0 Å². The fourth-order valence-electron chi connectivity index (χ4n) is 5.16. The Morgan fingerprint density at radius 1 is 0.862 bits per heavy atom. The Kier molecular flexibility index (Phi) is 4.52. The maximum absolute atomic E-state index is 10.2. The third-order valence-corrected chi connectivity index (χ3v) is 6.67. The number of fused-ring (bicyclic) bond motifs is 7. The molecule has 3 aromatic rings. The standard InChI is InChI=1S/C24H27NO4/c1-27-16-4-5-17-19(10-16)21-12-24(29-3)23(28-2)11-20(21)18-9-14-8-15(26)6-7-25(14)13-22(17)18/h4-5,10-12,14-15,26H,6-9,13H2,1-3H3/t14-,15-/m1/s1. The van der Waals surface area contributed by atoms with Gasteiger partial charge in [-0.3, -0.25) is 4.90 Å². The van der Waals surface area contributed by atoms with E-state index < -0.39 is 0 Å². The van der Waals surface area contributed by atoms with Crippen LogP contribution in [0.3, 0.4) is 0 Å². The van der Waals surface area contributed by atoms with Crippen molar-refractivity contribution in [3.8, 4) is 17.2 Å². The van der Waals surface area contributed by atoms with Crippen LogP contribution in [0.4, 0.5) is 0 Å². The van der Waals surface area contributed by atoms with Gasteiger partial charge in [0.05, 0.1) is 27.4 Å². The molecule has 0 saturated carbocycles. The van der Waals surface area contributed by atoms with Crippen molar-refractivity contribution in [2.75, 3.05) is 27.9 Å². The van der Waals surface area contributed by atoms with Crippen molar-refractivity contribution in [3.05, 3.63) is 41.5 Å². The molecule has 0 unspecified atom stereocenters. The number of piperidine rings is 1. The van der Waals surface area contributed by atoms with E-state index in [4.69, 9.17) is 14.2 Å². The van der Waals surface area contributed by atoms with Gasteiger partial charge in [0.15, 0.2) is 11.5 Å². The normalized spacial score (nSPS) is 21.7. The molecule has 0 bridgehead atoms. The van der Waals surface area contributed by atoms with E-state index >= 15 is 0 Å². The molecule has 0 amide bonds. The van der Waals surface area contributed by atoms with Gasteiger partial charge in [0.1, 0.15) is 5.75 Å². The number of hydrogen-bond donors (Lipinski definition) is 1. The molecule has 0 aliphatic carbocycles. The molecule has 29 heavy (non-hydrogen) atoms. The number of methoxy groups -OCH3 is 3. The Labute approximate surface area is 170 Å². The topological polar surface area (TPSA) is 51.2 Å².